The fourth-order valence-electron chi connectivity index (χ4n) is 2.70. The molecule has 128 valence electrons. The van der Waals surface area contributed by atoms with Crippen LogP contribution in [0.4, 0.5) is 0 Å². The lowest BCUT2D eigenvalue weighted by molar-refractivity contribution is -0.121. The van der Waals surface area contributed by atoms with Crippen molar-refractivity contribution in [1.29, 1.82) is 0 Å². The molecule has 0 bridgehead atoms. The smallest absolute Gasteiger partial charge is 0.220 e. The number of Topliss-reactive ketones (excluding diaryl/α,β-unsaturated/α-hetero) is 1. The third-order valence-corrected chi connectivity index (χ3v) is 4.14. The first-order valence-electron chi connectivity index (χ1n) is 8.41. The van der Waals surface area contributed by atoms with E-state index in [9.17, 15) is 9.59 Å². The fraction of sp³-hybridized carbons (Fsp3) is 0.250. The predicted molar refractivity (Wildman–Crippen MR) is 96.6 cm³/mol. The molecule has 5 nitrogen and oxygen atoms in total. The van der Waals surface area contributed by atoms with E-state index in [0.29, 0.717) is 18.5 Å². The quantitative estimate of drug-likeness (QED) is 0.675. The molecule has 0 saturated carbocycles. The zero-order chi connectivity index (χ0) is 17.6. The van der Waals surface area contributed by atoms with Crippen molar-refractivity contribution < 1.29 is 9.59 Å². The Balaban J connectivity index is 1.44. The van der Waals surface area contributed by atoms with Crippen LogP contribution in [0.1, 0.15) is 34.6 Å². The van der Waals surface area contributed by atoms with Gasteiger partial charge in [0.05, 0.1) is 11.7 Å². The van der Waals surface area contributed by atoms with Crippen molar-refractivity contribution in [3.63, 3.8) is 0 Å². The van der Waals surface area contributed by atoms with Crippen molar-refractivity contribution in [2.75, 3.05) is 6.54 Å². The number of pyridine rings is 1. The normalized spacial score (nSPS) is 10.8. The van der Waals surface area contributed by atoms with Crippen LogP contribution in [0.3, 0.4) is 0 Å². The number of carbonyl (C=O) groups excluding carboxylic acids is 2. The zero-order valence-electron chi connectivity index (χ0n) is 14.2. The average molecular weight is 335 g/mol. The van der Waals surface area contributed by atoms with Crippen LogP contribution in [0.5, 0.6) is 0 Å². The van der Waals surface area contributed by atoms with Gasteiger partial charge in [-0.2, -0.15) is 0 Å². The fourth-order valence-corrected chi connectivity index (χ4v) is 2.70. The molecule has 0 spiro atoms. The number of nitrogens with zero attached hydrogens (tertiary/aromatic N) is 2. The molecule has 0 radical (unpaired) electrons. The first kappa shape index (κ1) is 16.9. The van der Waals surface area contributed by atoms with Gasteiger partial charge in [-0.3, -0.25) is 9.59 Å². The Hall–Kier alpha value is -2.95. The standard InChI is InChI=1S/C20H21N3O2/c1-15-5-7-16(8-6-15)18(24)9-10-20(25)21-12-11-19-22-14-17-4-2-3-13-23(17)19/h2-8,13-14H,9-12H2,1H3,(H,21,25). The lowest BCUT2D eigenvalue weighted by atomic mass is 10.1. The van der Waals surface area contributed by atoms with E-state index in [1.54, 1.807) is 12.1 Å². The molecule has 25 heavy (non-hydrogen) atoms. The van der Waals surface area contributed by atoms with Crippen LogP contribution >= 0.6 is 0 Å². The second-order valence-corrected chi connectivity index (χ2v) is 6.06. The van der Waals surface area contributed by atoms with Crippen molar-refractivity contribution in [3.8, 4) is 0 Å². The molecular weight excluding hydrogens is 314 g/mol. The van der Waals surface area contributed by atoms with Crippen LogP contribution in [-0.4, -0.2) is 27.6 Å². The third kappa shape index (κ3) is 4.32. The summed E-state index contributed by atoms with van der Waals surface area (Å²) in [5.74, 6) is 0.794. The summed E-state index contributed by atoms with van der Waals surface area (Å²) in [4.78, 5) is 28.4. The van der Waals surface area contributed by atoms with Crippen molar-refractivity contribution >= 4 is 17.2 Å². The first-order chi connectivity index (χ1) is 12.1. The van der Waals surface area contributed by atoms with Crippen LogP contribution in [0, 0.1) is 6.92 Å². The molecule has 2 aromatic heterocycles. The van der Waals surface area contributed by atoms with Crippen molar-refractivity contribution in [2.24, 2.45) is 0 Å². The largest absolute Gasteiger partial charge is 0.356 e. The molecule has 0 atom stereocenters. The second kappa shape index (κ2) is 7.75. The van der Waals surface area contributed by atoms with Gasteiger partial charge in [0.2, 0.25) is 5.91 Å². The van der Waals surface area contributed by atoms with Crippen LogP contribution < -0.4 is 5.32 Å². The van der Waals surface area contributed by atoms with E-state index in [0.717, 1.165) is 16.9 Å². The molecule has 3 aromatic rings. The van der Waals surface area contributed by atoms with Gasteiger partial charge in [-0.1, -0.05) is 35.9 Å². The Kier molecular flexibility index (Phi) is 5.23. The Morgan fingerprint density at radius 2 is 1.88 bits per heavy atom. The number of hydrogen-bond donors (Lipinski definition) is 1. The van der Waals surface area contributed by atoms with E-state index in [1.165, 1.54) is 0 Å². The molecule has 0 saturated heterocycles. The van der Waals surface area contributed by atoms with Gasteiger partial charge in [0, 0.05) is 37.6 Å². The van der Waals surface area contributed by atoms with Crippen LogP contribution in [0.25, 0.3) is 5.52 Å². The van der Waals surface area contributed by atoms with Crippen LogP contribution in [0.2, 0.25) is 0 Å². The second-order valence-electron chi connectivity index (χ2n) is 6.06. The predicted octanol–water partition coefficient (Wildman–Crippen LogP) is 2.96. The van der Waals surface area contributed by atoms with Gasteiger partial charge < -0.3 is 9.72 Å². The average Bonchev–Trinajstić information content (AvgIpc) is 3.04. The third-order valence-electron chi connectivity index (χ3n) is 4.14. The molecule has 0 unspecified atom stereocenters. The van der Waals surface area contributed by atoms with Crippen molar-refractivity contribution in [1.82, 2.24) is 14.7 Å². The summed E-state index contributed by atoms with van der Waals surface area (Å²) in [7, 11) is 0. The monoisotopic (exact) mass is 335 g/mol. The van der Waals surface area contributed by atoms with E-state index in [-0.39, 0.29) is 24.5 Å². The summed E-state index contributed by atoms with van der Waals surface area (Å²) in [5.41, 5.74) is 2.80. The number of benzene rings is 1. The topological polar surface area (TPSA) is 63.5 Å². The van der Waals surface area contributed by atoms with Crippen LogP contribution in [0.15, 0.2) is 54.9 Å². The number of ketones is 1. The number of amides is 1. The highest BCUT2D eigenvalue weighted by atomic mass is 16.2. The summed E-state index contributed by atoms with van der Waals surface area (Å²) in [6.07, 6.45) is 4.85. The summed E-state index contributed by atoms with van der Waals surface area (Å²) in [6, 6.07) is 13.3. The van der Waals surface area contributed by atoms with Gasteiger partial charge in [-0.05, 0) is 19.1 Å². The van der Waals surface area contributed by atoms with Crippen LogP contribution in [-0.2, 0) is 11.2 Å². The minimum absolute atomic E-state index is 0.00518. The first-order valence-corrected chi connectivity index (χ1v) is 8.41. The maximum atomic E-state index is 12.1. The summed E-state index contributed by atoms with van der Waals surface area (Å²) >= 11 is 0. The molecule has 0 aliphatic heterocycles. The lowest BCUT2D eigenvalue weighted by Gasteiger charge is -2.05. The van der Waals surface area contributed by atoms with E-state index < -0.39 is 0 Å². The summed E-state index contributed by atoms with van der Waals surface area (Å²) in [5, 5.41) is 2.86. The highest BCUT2D eigenvalue weighted by molar-refractivity contribution is 5.97. The lowest BCUT2D eigenvalue weighted by Crippen LogP contribution is -2.26. The molecular formula is C20H21N3O2. The van der Waals surface area contributed by atoms with Gasteiger partial charge in [-0.15, -0.1) is 0 Å². The molecule has 0 fully saturated rings. The number of nitrogens with one attached hydrogen (secondary N) is 1. The Bertz CT molecular complexity index is 881. The minimum Gasteiger partial charge on any atom is -0.356 e. The number of carbonyl (C=O) groups is 2. The van der Waals surface area contributed by atoms with E-state index in [4.69, 9.17) is 0 Å². The van der Waals surface area contributed by atoms with Gasteiger partial charge in [0.15, 0.2) is 5.78 Å². The number of fused-ring (bicyclic) bond motifs is 1. The number of imidazole rings is 1. The molecule has 0 aliphatic carbocycles. The maximum absolute atomic E-state index is 12.1. The van der Waals surface area contributed by atoms with E-state index in [1.807, 2.05) is 54.0 Å². The Labute approximate surface area is 146 Å². The van der Waals surface area contributed by atoms with Crippen molar-refractivity contribution in [2.45, 2.75) is 26.2 Å². The SMILES string of the molecule is Cc1ccc(C(=O)CCC(=O)NCCc2ncc3ccccn23)cc1. The summed E-state index contributed by atoms with van der Waals surface area (Å²) in [6.45, 7) is 2.48. The number of aromatic nitrogens is 2. The maximum Gasteiger partial charge on any atom is 0.220 e. The molecule has 2 heterocycles. The zero-order valence-corrected chi connectivity index (χ0v) is 14.2. The van der Waals surface area contributed by atoms with Gasteiger partial charge in [0.1, 0.15) is 5.82 Å². The molecule has 1 aromatic carbocycles. The highest BCUT2D eigenvalue weighted by Crippen LogP contribution is 2.08. The molecule has 3 rings (SSSR count). The number of hydrogen-bond acceptors (Lipinski definition) is 3. The van der Waals surface area contributed by atoms with Crippen molar-refractivity contribution in [3.05, 3.63) is 71.8 Å². The number of aryl methyl sites for hydroxylation is 1. The van der Waals surface area contributed by atoms with Gasteiger partial charge in [-0.25, -0.2) is 4.98 Å². The molecule has 0 aliphatic rings. The summed E-state index contributed by atoms with van der Waals surface area (Å²) < 4.78 is 2.01. The Morgan fingerprint density at radius 1 is 1.08 bits per heavy atom. The van der Waals surface area contributed by atoms with Gasteiger partial charge in [0.25, 0.3) is 0 Å². The molecule has 1 amide bonds. The van der Waals surface area contributed by atoms with Gasteiger partial charge >= 0.3 is 0 Å². The Morgan fingerprint density at radius 3 is 2.68 bits per heavy atom. The van der Waals surface area contributed by atoms with E-state index in [2.05, 4.69) is 10.3 Å². The van der Waals surface area contributed by atoms with E-state index >= 15 is 0 Å². The number of rotatable bonds is 7. The molecule has 5 heteroatoms. The minimum atomic E-state index is -0.110. The highest BCUT2D eigenvalue weighted by Gasteiger charge is 2.09. The molecule has 1 N–H and O–H groups in total.